The van der Waals surface area contributed by atoms with Crippen molar-refractivity contribution in [1.82, 2.24) is 4.90 Å². The first-order chi connectivity index (χ1) is 13.0. The molecule has 2 aliphatic rings. The summed E-state index contributed by atoms with van der Waals surface area (Å²) in [6.07, 6.45) is 2.42. The largest absolute Gasteiger partial charge is 0.543 e. The van der Waals surface area contributed by atoms with Crippen LogP contribution in [0.15, 0.2) is 12.1 Å². The predicted molar refractivity (Wildman–Crippen MR) is 120 cm³/mol. The Bertz CT molecular complexity index is 739. The first-order valence-corrected chi connectivity index (χ1v) is 12.9. The van der Waals surface area contributed by atoms with E-state index in [-0.39, 0.29) is 5.41 Å². The Morgan fingerprint density at radius 2 is 1.68 bits per heavy atom. The highest BCUT2D eigenvalue weighted by Gasteiger charge is 2.53. The highest BCUT2D eigenvalue weighted by atomic mass is 28.4. The van der Waals surface area contributed by atoms with E-state index in [1.165, 1.54) is 5.56 Å². The van der Waals surface area contributed by atoms with Crippen LogP contribution in [0.5, 0.6) is 5.75 Å². The van der Waals surface area contributed by atoms with Gasteiger partial charge in [-0.25, -0.2) is 0 Å². The van der Waals surface area contributed by atoms with Gasteiger partial charge in [-0.15, -0.1) is 0 Å². The molecule has 5 heteroatoms. The predicted octanol–water partition coefficient (Wildman–Crippen LogP) is 5.42. The minimum Gasteiger partial charge on any atom is -0.543 e. The van der Waals surface area contributed by atoms with Gasteiger partial charge in [-0.1, -0.05) is 48.5 Å². The summed E-state index contributed by atoms with van der Waals surface area (Å²) in [7, 11) is 2.24. The number of carbonyl (C=O) groups is 1. The molecule has 156 valence electrons. The third-order valence-electron chi connectivity index (χ3n) is 7.55. The maximum Gasteiger partial charge on any atom is 0.258 e. The first-order valence-electron chi connectivity index (χ1n) is 10.8. The van der Waals surface area contributed by atoms with Gasteiger partial charge >= 0.3 is 0 Å². The minimum atomic E-state index is -2.07. The number of benzene rings is 1. The zero-order valence-corrected chi connectivity index (χ0v) is 20.2. The van der Waals surface area contributed by atoms with Gasteiger partial charge in [0.2, 0.25) is 0 Å². The van der Waals surface area contributed by atoms with Crippen molar-refractivity contribution in [2.24, 2.45) is 0 Å². The van der Waals surface area contributed by atoms with E-state index in [2.05, 4.69) is 78.4 Å². The molecule has 2 atom stereocenters. The van der Waals surface area contributed by atoms with Crippen LogP contribution in [0.25, 0.3) is 0 Å². The number of hydrogen-bond acceptors (Lipinski definition) is 4. The molecule has 1 aromatic rings. The molecule has 0 N–H and O–H groups in total. The van der Waals surface area contributed by atoms with Gasteiger partial charge in [0.1, 0.15) is 5.75 Å². The number of fused-ring (bicyclic) bond motifs is 3. The fourth-order valence-electron chi connectivity index (χ4n) is 6.43. The Labute approximate surface area is 172 Å². The zero-order chi connectivity index (χ0) is 21.0. The van der Waals surface area contributed by atoms with Crippen molar-refractivity contribution in [1.29, 1.82) is 0 Å². The molecule has 0 saturated carbocycles. The lowest BCUT2D eigenvalue weighted by atomic mass is 9.81. The molecule has 0 spiro atoms. The van der Waals surface area contributed by atoms with Crippen molar-refractivity contribution in [3.8, 4) is 5.75 Å². The number of likely N-dealkylation sites (N-methyl/N-ethyl adjacent to an activating group) is 2. The summed E-state index contributed by atoms with van der Waals surface area (Å²) in [5, 5.41) is 0. The molecule has 0 aliphatic carbocycles. The van der Waals surface area contributed by atoms with Crippen LogP contribution in [-0.2, 0) is 5.41 Å². The van der Waals surface area contributed by atoms with Crippen LogP contribution in [0.3, 0.4) is 0 Å². The van der Waals surface area contributed by atoms with Gasteiger partial charge in [0.05, 0.1) is 11.9 Å². The summed E-state index contributed by atoms with van der Waals surface area (Å²) < 4.78 is 6.96. The van der Waals surface area contributed by atoms with Crippen molar-refractivity contribution >= 4 is 20.3 Å². The van der Waals surface area contributed by atoms with Crippen LogP contribution in [0.4, 0.5) is 5.69 Å². The van der Waals surface area contributed by atoms with Crippen LogP contribution < -0.4 is 9.33 Å². The molecule has 2 aliphatic heterocycles. The van der Waals surface area contributed by atoms with Gasteiger partial charge in [-0.2, -0.15) is 0 Å². The van der Waals surface area contributed by atoms with Gasteiger partial charge < -0.3 is 9.33 Å². The van der Waals surface area contributed by atoms with Gasteiger partial charge in [-0.3, -0.25) is 9.69 Å². The maximum atomic E-state index is 12.1. The number of likely N-dealkylation sites (tertiary alicyclic amines) is 1. The number of hydrogen-bond donors (Lipinski definition) is 0. The molecular formula is C23H38N2O2Si. The van der Waals surface area contributed by atoms with Gasteiger partial charge in [0.25, 0.3) is 8.32 Å². The van der Waals surface area contributed by atoms with E-state index in [1.807, 2.05) is 6.07 Å². The quantitative estimate of drug-likeness (QED) is 0.470. The fourth-order valence-corrected chi connectivity index (χ4v) is 11.7. The van der Waals surface area contributed by atoms with Crippen LogP contribution in [-0.4, -0.2) is 46.3 Å². The third kappa shape index (κ3) is 2.85. The lowest BCUT2D eigenvalue weighted by Gasteiger charge is -2.42. The SMILES string of the molecule is CC(C)[Si](Oc1cc(C=O)c2c(c1)[C@]1(C)CCN(C)[C@@H]1N2C)(C(C)C)C(C)C. The molecule has 0 unspecified atom stereocenters. The van der Waals surface area contributed by atoms with Crippen molar-refractivity contribution in [2.75, 3.05) is 25.5 Å². The van der Waals surface area contributed by atoms with Crippen molar-refractivity contribution < 1.29 is 9.22 Å². The monoisotopic (exact) mass is 402 g/mol. The van der Waals surface area contributed by atoms with Crippen molar-refractivity contribution in [2.45, 2.75) is 83.1 Å². The molecule has 2 heterocycles. The second-order valence-electron chi connectivity index (χ2n) is 10.1. The number of anilines is 1. The van der Waals surface area contributed by atoms with Crippen molar-refractivity contribution in [3.05, 3.63) is 23.3 Å². The summed E-state index contributed by atoms with van der Waals surface area (Å²) in [5.74, 6) is 0.897. The Morgan fingerprint density at radius 3 is 2.18 bits per heavy atom. The van der Waals surface area contributed by atoms with Crippen LogP contribution in [0, 0.1) is 0 Å². The second-order valence-corrected chi connectivity index (χ2v) is 15.5. The summed E-state index contributed by atoms with van der Waals surface area (Å²) in [6, 6.07) is 4.24. The summed E-state index contributed by atoms with van der Waals surface area (Å²) in [5.41, 5.74) is 4.68. The highest BCUT2D eigenvalue weighted by molar-refractivity contribution is 6.78. The van der Waals surface area contributed by atoms with Crippen LogP contribution in [0.1, 0.15) is 70.8 Å². The molecule has 1 aromatic carbocycles. The zero-order valence-electron chi connectivity index (χ0n) is 19.2. The molecular weight excluding hydrogens is 364 g/mol. The second kappa shape index (κ2) is 7.17. The molecule has 1 fully saturated rings. The summed E-state index contributed by atoms with van der Waals surface area (Å²) in [6.45, 7) is 17.2. The van der Waals surface area contributed by atoms with E-state index in [0.29, 0.717) is 22.8 Å². The lowest BCUT2D eigenvalue weighted by Crippen LogP contribution is -2.50. The smallest absolute Gasteiger partial charge is 0.258 e. The lowest BCUT2D eigenvalue weighted by molar-refractivity contribution is 0.112. The Kier molecular flexibility index (Phi) is 5.47. The number of aldehydes is 1. The van der Waals surface area contributed by atoms with Crippen molar-refractivity contribution in [3.63, 3.8) is 0 Å². The third-order valence-corrected chi connectivity index (χ3v) is 13.6. The molecule has 4 nitrogen and oxygen atoms in total. The highest BCUT2D eigenvalue weighted by Crippen LogP contribution is 2.53. The average Bonchev–Trinajstić information content (AvgIpc) is 3.03. The minimum absolute atomic E-state index is 0.0354. The molecule has 3 rings (SSSR count). The van der Waals surface area contributed by atoms with E-state index < -0.39 is 8.32 Å². The molecule has 1 saturated heterocycles. The molecule has 0 bridgehead atoms. The first kappa shape index (κ1) is 21.4. The van der Waals surface area contributed by atoms with E-state index in [9.17, 15) is 4.79 Å². The maximum absolute atomic E-state index is 12.1. The van der Waals surface area contributed by atoms with E-state index in [4.69, 9.17) is 4.43 Å². The number of rotatable bonds is 6. The van der Waals surface area contributed by atoms with Gasteiger partial charge in [0, 0.05) is 24.6 Å². The Balaban J connectivity index is 2.14. The van der Waals surface area contributed by atoms with Crippen LogP contribution in [0.2, 0.25) is 16.6 Å². The Hall–Kier alpha value is -1.33. The van der Waals surface area contributed by atoms with E-state index >= 15 is 0 Å². The van der Waals surface area contributed by atoms with E-state index in [0.717, 1.165) is 36.3 Å². The van der Waals surface area contributed by atoms with Gasteiger partial charge in [-0.05, 0) is 47.8 Å². The summed E-state index contributed by atoms with van der Waals surface area (Å²) >= 11 is 0. The standard InChI is InChI=1S/C23H38N2O2Si/c1-15(2)28(16(3)4,17(5)6)27-19-12-18(14-26)21-20(13-19)23(7)10-11-24(8)22(23)25(21)9/h12-17,22H,10-11H2,1-9H3/t22-,23+/m1/s1. The molecule has 0 amide bonds. The van der Waals surface area contributed by atoms with Crippen LogP contribution >= 0.6 is 0 Å². The number of carbonyl (C=O) groups excluding carboxylic acids is 1. The fraction of sp³-hybridized carbons (Fsp3) is 0.696. The molecule has 0 radical (unpaired) electrons. The summed E-state index contributed by atoms with van der Waals surface area (Å²) in [4.78, 5) is 16.8. The molecule has 0 aromatic heterocycles. The molecule has 28 heavy (non-hydrogen) atoms. The Morgan fingerprint density at radius 1 is 1.11 bits per heavy atom. The van der Waals surface area contributed by atoms with E-state index in [1.54, 1.807) is 0 Å². The topological polar surface area (TPSA) is 32.8 Å². The number of nitrogens with zero attached hydrogens (tertiary/aromatic N) is 2. The van der Waals surface area contributed by atoms with Gasteiger partial charge in [0.15, 0.2) is 6.29 Å². The average molecular weight is 403 g/mol. The normalized spacial score (nSPS) is 25.0.